The van der Waals surface area contributed by atoms with Gasteiger partial charge >= 0.3 is 0 Å². The van der Waals surface area contributed by atoms with Gasteiger partial charge in [0.1, 0.15) is 0 Å². The van der Waals surface area contributed by atoms with E-state index in [4.69, 9.17) is 0 Å². The zero-order valence-electron chi connectivity index (χ0n) is 12.8. The third kappa shape index (κ3) is 4.81. The van der Waals surface area contributed by atoms with Crippen LogP contribution in [0.5, 0.6) is 0 Å². The second-order valence-electron chi connectivity index (χ2n) is 6.00. The van der Waals surface area contributed by atoms with E-state index >= 15 is 0 Å². The Labute approximate surface area is 127 Å². The smallest absolute Gasteiger partial charge is 0.223 e. The van der Waals surface area contributed by atoms with Gasteiger partial charge in [-0.1, -0.05) is 25.8 Å². The number of rotatable bonds is 6. The molecule has 1 aromatic rings. The van der Waals surface area contributed by atoms with Crippen molar-refractivity contribution < 1.29 is 9.90 Å². The summed E-state index contributed by atoms with van der Waals surface area (Å²) in [6, 6.07) is 3.99. The van der Waals surface area contributed by atoms with Crippen molar-refractivity contribution in [3.05, 3.63) is 30.1 Å². The third-order valence-electron chi connectivity index (χ3n) is 4.32. The van der Waals surface area contributed by atoms with Gasteiger partial charge in [0, 0.05) is 18.3 Å². The number of hydrogen-bond acceptors (Lipinski definition) is 3. The fraction of sp³-hybridized carbons (Fsp3) is 0.647. The summed E-state index contributed by atoms with van der Waals surface area (Å²) < 4.78 is 0. The van der Waals surface area contributed by atoms with Gasteiger partial charge in [-0.2, -0.15) is 0 Å². The van der Waals surface area contributed by atoms with Crippen molar-refractivity contribution in [3.63, 3.8) is 0 Å². The van der Waals surface area contributed by atoms with Crippen molar-refractivity contribution in [1.82, 2.24) is 10.3 Å². The van der Waals surface area contributed by atoms with E-state index in [9.17, 15) is 9.90 Å². The second-order valence-corrected chi connectivity index (χ2v) is 6.00. The van der Waals surface area contributed by atoms with E-state index in [1.54, 1.807) is 6.20 Å². The van der Waals surface area contributed by atoms with Gasteiger partial charge in [0.25, 0.3) is 0 Å². The molecule has 0 radical (unpaired) electrons. The highest BCUT2D eigenvalue weighted by molar-refractivity contribution is 5.79. The molecule has 1 aliphatic rings. The average molecular weight is 290 g/mol. The molecule has 1 unspecified atom stereocenters. The van der Waals surface area contributed by atoms with Crippen molar-refractivity contribution in [2.45, 2.75) is 64.0 Å². The van der Waals surface area contributed by atoms with Crippen LogP contribution >= 0.6 is 0 Å². The molecule has 4 nitrogen and oxygen atoms in total. The van der Waals surface area contributed by atoms with E-state index in [1.165, 1.54) is 0 Å². The molecule has 1 aromatic heterocycles. The van der Waals surface area contributed by atoms with Gasteiger partial charge in [-0.3, -0.25) is 9.78 Å². The number of nitrogens with one attached hydrogen (secondary N) is 1. The lowest BCUT2D eigenvalue weighted by Gasteiger charge is -2.27. The summed E-state index contributed by atoms with van der Waals surface area (Å²) in [5.74, 6) is 0.182. The number of carbonyl (C=O) groups excluding carboxylic acids is 1. The molecule has 1 saturated carbocycles. The van der Waals surface area contributed by atoms with Gasteiger partial charge in [0.2, 0.25) is 5.91 Å². The van der Waals surface area contributed by atoms with E-state index < -0.39 is 0 Å². The highest BCUT2D eigenvalue weighted by atomic mass is 16.3. The Hall–Kier alpha value is -1.42. The molecular formula is C17H26N2O2. The number of nitrogens with zero attached hydrogens (tertiary/aromatic N) is 1. The van der Waals surface area contributed by atoms with Gasteiger partial charge in [-0.05, 0) is 43.7 Å². The second kappa shape index (κ2) is 8.13. The zero-order chi connectivity index (χ0) is 15.1. The number of carbonyl (C=O) groups is 1. The Morgan fingerprint density at radius 2 is 2.19 bits per heavy atom. The minimum Gasteiger partial charge on any atom is -0.393 e. The predicted octanol–water partition coefficient (Wildman–Crippen LogP) is 2.98. The maximum atomic E-state index is 12.4. The monoisotopic (exact) mass is 290 g/mol. The molecule has 0 saturated heterocycles. The summed E-state index contributed by atoms with van der Waals surface area (Å²) in [5.41, 5.74) is 1.08. The Balaban J connectivity index is 1.96. The molecule has 1 atom stereocenters. The number of unbranched alkanes of at least 4 members (excludes halogenated alkanes) is 1. The van der Waals surface area contributed by atoms with Gasteiger partial charge in [-0.25, -0.2) is 0 Å². The highest BCUT2D eigenvalue weighted by Gasteiger charge is 2.26. The van der Waals surface area contributed by atoms with Crippen LogP contribution in [0, 0.1) is 5.92 Å². The number of aliphatic hydroxyl groups is 1. The molecular weight excluding hydrogens is 264 g/mol. The Morgan fingerprint density at radius 3 is 2.81 bits per heavy atom. The number of hydrogen-bond donors (Lipinski definition) is 2. The summed E-state index contributed by atoms with van der Waals surface area (Å²) in [6.07, 6.45) is 9.59. The van der Waals surface area contributed by atoms with Crippen LogP contribution < -0.4 is 5.32 Å². The summed E-state index contributed by atoms with van der Waals surface area (Å²) >= 11 is 0. The molecule has 4 heteroatoms. The Morgan fingerprint density at radius 1 is 1.43 bits per heavy atom. The quantitative estimate of drug-likeness (QED) is 0.846. The molecule has 21 heavy (non-hydrogen) atoms. The zero-order valence-corrected chi connectivity index (χ0v) is 12.8. The number of amides is 1. The first-order valence-electron chi connectivity index (χ1n) is 8.09. The van der Waals surface area contributed by atoms with Crippen molar-refractivity contribution in [1.29, 1.82) is 0 Å². The van der Waals surface area contributed by atoms with Gasteiger partial charge in [0.05, 0.1) is 12.1 Å². The van der Waals surface area contributed by atoms with E-state index in [1.807, 2.05) is 18.3 Å². The summed E-state index contributed by atoms with van der Waals surface area (Å²) in [6.45, 7) is 2.16. The van der Waals surface area contributed by atoms with Crippen LogP contribution in [0.25, 0.3) is 0 Å². The van der Waals surface area contributed by atoms with Crippen molar-refractivity contribution in [2.75, 3.05) is 0 Å². The molecule has 1 heterocycles. The summed E-state index contributed by atoms with van der Waals surface area (Å²) in [7, 11) is 0. The molecule has 1 fully saturated rings. The van der Waals surface area contributed by atoms with Crippen LogP contribution in [0.4, 0.5) is 0 Å². The van der Waals surface area contributed by atoms with E-state index in [0.717, 1.165) is 50.5 Å². The first-order valence-corrected chi connectivity index (χ1v) is 8.09. The van der Waals surface area contributed by atoms with E-state index in [0.29, 0.717) is 0 Å². The predicted molar refractivity (Wildman–Crippen MR) is 82.6 cm³/mol. The molecule has 1 aliphatic carbocycles. The first kappa shape index (κ1) is 16.0. The molecule has 2 N–H and O–H groups in total. The molecule has 0 spiro atoms. The van der Waals surface area contributed by atoms with Gasteiger partial charge < -0.3 is 10.4 Å². The molecule has 0 bridgehead atoms. The van der Waals surface area contributed by atoms with Gasteiger partial charge in [0.15, 0.2) is 0 Å². The topological polar surface area (TPSA) is 62.2 Å². The Kier molecular flexibility index (Phi) is 6.18. The lowest BCUT2D eigenvalue weighted by Crippen LogP contribution is -2.36. The average Bonchev–Trinajstić information content (AvgIpc) is 2.52. The lowest BCUT2D eigenvalue weighted by atomic mass is 9.86. The normalized spacial score (nSPS) is 23.5. The minimum atomic E-state index is -0.219. The van der Waals surface area contributed by atoms with Crippen molar-refractivity contribution in [2.24, 2.45) is 5.92 Å². The van der Waals surface area contributed by atoms with E-state index in [-0.39, 0.29) is 24.0 Å². The SMILES string of the molecule is CCCCC(NC(=O)C1CCC(O)CC1)c1cccnc1. The van der Waals surface area contributed by atoms with Crippen LogP contribution in [-0.4, -0.2) is 22.1 Å². The number of aromatic nitrogens is 1. The number of aliphatic hydroxyl groups excluding tert-OH is 1. The fourth-order valence-corrected chi connectivity index (χ4v) is 2.94. The van der Waals surface area contributed by atoms with Crippen LogP contribution in [-0.2, 0) is 4.79 Å². The molecule has 1 amide bonds. The lowest BCUT2D eigenvalue weighted by molar-refractivity contribution is -0.127. The largest absolute Gasteiger partial charge is 0.393 e. The van der Waals surface area contributed by atoms with Crippen molar-refractivity contribution >= 4 is 5.91 Å². The van der Waals surface area contributed by atoms with Crippen LogP contribution in [0.1, 0.15) is 63.5 Å². The minimum absolute atomic E-state index is 0.0502. The highest BCUT2D eigenvalue weighted by Crippen LogP contribution is 2.26. The molecule has 2 rings (SSSR count). The Bertz CT molecular complexity index is 428. The standard InChI is InChI=1S/C17H26N2O2/c1-2-3-6-16(14-5-4-11-18-12-14)19-17(21)13-7-9-15(20)10-8-13/h4-5,11-13,15-16,20H,2-3,6-10H2,1H3,(H,19,21). The molecule has 0 aliphatic heterocycles. The summed E-state index contributed by atoms with van der Waals surface area (Å²) in [5, 5.41) is 12.7. The van der Waals surface area contributed by atoms with Crippen LogP contribution in [0.15, 0.2) is 24.5 Å². The number of pyridine rings is 1. The maximum Gasteiger partial charge on any atom is 0.223 e. The summed E-state index contributed by atoms with van der Waals surface area (Å²) in [4.78, 5) is 16.6. The van der Waals surface area contributed by atoms with Crippen LogP contribution in [0.2, 0.25) is 0 Å². The third-order valence-corrected chi connectivity index (χ3v) is 4.32. The van der Waals surface area contributed by atoms with E-state index in [2.05, 4.69) is 17.2 Å². The van der Waals surface area contributed by atoms with Gasteiger partial charge in [-0.15, -0.1) is 0 Å². The maximum absolute atomic E-state index is 12.4. The van der Waals surface area contributed by atoms with Crippen molar-refractivity contribution in [3.8, 4) is 0 Å². The first-order chi connectivity index (χ1) is 10.2. The fourth-order valence-electron chi connectivity index (χ4n) is 2.94. The molecule has 116 valence electrons. The van der Waals surface area contributed by atoms with Crippen LogP contribution in [0.3, 0.4) is 0 Å². The molecule has 0 aromatic carbocycles.